The molecule has 8 nitrogen and oxygen atoms in total. The van der Waals surface area contributed by atoms with Crippen molar-refractivity contribution in [3.63, 3.8) is 0 Å². The number of nitrogens with zero attached hydrogens (tertiary/aromatic N) is 1. The molecule has 3 N–H and O–H groups in total. The molecule has 1 aliphatic rings. The second-order valence-electron chi connectivity index (χ2n) is 6.37. The Hall–Kier alpha value is -2.77. The van der Waals surface area contributed by atoms with Crippen molar-refractivity contribution in [1.82, 2.24) is 20.2 Å². The molecular formula is C18H24N4O4. The molecule has 1 heterocycles. The number of amides is 2. The summed E-state index contributed by atoms with van der Waals surface area (Å²) in [5.74, 6) is -0.257. The van der Waals surface area contributed by atoms with E-state index in [4.69, 9.17) is 4.74 Å². The molecule has 1 aliphatic carbocycles. The minimum absolute atomic E-state index is 0.122. The number of hydrogen-bond acceptors (Lipinski definition) is 4. The van der Waals surface area contributed by atoms with Crippen molar-refractivity contribution in [2.24, 2.45) is 0 Å². The highest BCUT2D eigenvalue weighted by atomic mass is 16.5. The minimum atomic E-state index is -0.506. The summed E-state index contributed by atoms with van der Waals surface area (Å²) in [6.07, 6.45) is 3.81. The summed E-state index contributed by atoms with van der Waals surface area (Å²) >= 11 is 0. The number of fused-ring (bicyclic) bond motifs is 1. The van der Waals surface area contributed by atoms with E-state index in [-0.39, 0.29) is 30.7 Å². The number of imidazole rings is 1. The second kappa shape index (κ2) is 8.07. The minimum Gasteiger partial charge on any atom is -0.450 e. The van der Waals surface area contributed by atoms with E-state index in [1.807, 2.05) is 10.6 Å². The van der Waals surface area contributed by atoms with E-state index in [0.717, 1.165) is 31.2 Å². The lowest BCUT2D eigenvalue weighted by Gasteiger charge is -2.11. The van der Waals surface area contributed by atoms with Crippen LogP contribution in [0.3, 0.4) is 0 Å². The van der Waals surface area contributed by atoms with Crippen molar-refractivity contribution in [2.75, 3.05) is 19.7 Å². The molecule has 0 unspecified atom stereocenters. The number of benzene rings is 1. The van der Waals surface area contributed by atoms with Gasteiger partial charge in [0.1, 0.15) is 0 Å². The number of nitrogens with one attached hydrogen (secondary N) is 3. The molecule has 0 bridgehead atoms. The molecule has 1 aromatic carbocycles. The van der Waals surface area contributed by atoms with Gasteiger partial charge in [-0.1, -0.05) is 12.8 Å². The molecule has 2 aromatic rings. The smallest absolute Gasteiger partial charge is 0.407 e. The summed E-state index contributed by atoms with van der Waals surface area (Å²) in [7, 11) is 0. The first-order chi connectivity index (χ1) is 12.6. The lowest BCUT2D eigenvalue weighted by Crippen LogP contribution is -2.34. The summed E-state index contributed by atoms with van der Waals surface area (Å²) in [6.45, 7) is 2.59. The molecule has 1 aromatic heterocycles. The Kier molecular flexibility index (Phi) is 5.60. The number of aromatic nitrogens is 2. The molecule has 0 aliphatic heterocycles. The predicted molar refractivity (Wildman–Crippen MR) is 97.4 cm³/mol. The van der Waals surface area contributed by atoms with Crippen LogP contribution in [0, 0.1) is 0 Å². The monoisotopic (exact) mass is 360 g/mol. The fourth-order valence-electron chi connectivity index (χ4n) is 3.42. The van der Waals surface area contributed by atoms with Gasteiger partial charge in [-0.3, -0.25) is 9.36 Å². The van der Waals surface area contributed by atoms with Crippen molar-refractivity contribution in [2.45, 2.75) is 38.6 Å². The van der Waals surface area contributed by atoms with Gasteiger partial charge in [-0.05, 0) is 38.0 Å². The zero-order chi connectivity index (χ0) is 18.5. The van der Waals surface area contributed by atoms with Gasteiger partial charge in [0.05, 0.1) is 17.6 Å². The fourth-order valence-corrected chi connectivity index (χ4v) is 3.42. The third-order valence-electron chi connectivity index (χ3n) is 4.62. The second-order valence-corrected chi connectivity index (χ2v) is 6.37. The number of H-pyrrole nitrogens is 1. The molecule has 3 rings (SSSR count). The van der Waals surface area contributed by atoms with Gasteiger partial charge in [-0.2, -0.15) is 0 Å². The summed E-state index contributed by atoms with van der Waals surface area (Å²) in [4.78, 5) is 38.6. The van der Waals surface area contributed by atoms with Gasteiger partial charge in [0.15, 0.2) is 0 Å². The Morgan fingerprint density at radius 2 is 1.96 bits per heavy atom. The Balaban J connectivity index is 1.64. The number of carbonyl (C=O) groups is 2. The highest BCUT2D eigenvalue weighted by Gasteiger charge is 2.21. The van der Waals surface area contributed by atoms with Crippen LogP contribution >= 0.6 is 0 Å². The zero-order valence-corrected chi connectivity index (χ0v) is 14.8. The maximum absolute atomic E-state index is 12.3. The summed E-state index contributed by atoms with van der Waals surface area (Å²) in [5, 5.41) is 5.26. The van der Waals surface area contributed by atoms with E-state index in [9.17, 15) is 14.4 Å². The number of rotatable bonds is 6. The number of aromatic amines is 1. The summed E-state index contributed by atoms with van der Waals surface area (Å²) in [6, 6.07) is 5.47. The topological polar surface area (TPSA) is 105 Å². The maximum atomic E-state index is 12.3. The third-order valence-corrected chi connectivity index (χ3v) is 4.62. The predicted octanol–water partition coefficient (Wildman–Crippen LogP) is 1.92. The molecule has 140 valence electrons. The molecule has 1 fully saturated rings. The zero-order valence-electron chi connectivity index (χ0n) is 14.8. The number of ether oxygens (including phenoxy) is 1. The summed E-state index contributed by atoms with van der Waals surface area (Å²) in [5.41, 5.74) is 1.85. The van der Waals surface area contributed by atoms with Gasteiger partial charge >= 0.3 is 11.8 Å². The van der Waals surface area contributed by atoms with Crippen molar-refractivity contribution >= 4 is 23.0 Å². The Bertz CT molecular complexity index is 848. The fraction of sp³-hybridized carbons (Fsp3) is 0.500. The number of alkyl carbamates (subject to hydrolysis) is 1. The lowest BCUT2D eigenvalue weighted by atomic mass is 10.1. The van der Waals surface area contributed by atoms with Gasteiger partial charge in [-0.15, -0.1) is 0 Å². The lowest BCUT2D eigenvalue weighted by molar-refractivity contribution is 0.0952. The third kappa shape index (κ3) is 3.89. The Morgan fingerprint density at radius 3 is 2.69 bits per heavy atom. The number of hydrogen-bond donors (Lipinski definition) is 3. The van der Waals surface area contributed by atoms with Crippen LogP contribution in [-0.4, -0.2) is 41.2 Å². The number of carbonyl (C=O) groups excluding carboxylic acids is 2. The van der Waals surface area contributed by atoms with Gasteiger partial charge in [0, 0.05) is 24.7 Å². The Labute approximate surface area is 150 Å². The van der Waals surface area contributed by atoms with Crippen molar-refractivity contribution in [3.8, 4) is 0 Å². The maximum Gasteiger partial charge on any atom is 0.407 e. The SMILES string of the molecule is CCOC(=O)NCCNC(=O)c1ccc2c(c1)[nH]c(=O)n2C1CCCC1. The van der Waals surface area contributed by atoms with Crippen molar-refractivity contribution < 1.29 is 14.3 Å². The van der Waals surface area contributed by atoms with Crippen LogP contribution in [0.25, 0.3) is 11.0 Å². The molecule has 2 amide bonds. The van der Waals surface area contributed by atoms with Crippen LogP contribution in [0.15, 0.2) is 23.0 Å². The van der Waals surface area contributed by atoms with E-state index in [2.05, 4.69) is 15.6 Å². The summed E-state index contributed by atoms with van der Waals surface area (Å²) < 4.78 is 6.55. The van der Waals surface area contributed by atoms with E-state index in [1.165, 1.54) is 0 Å². The normalized spacial score (nSPS) is 14.5. The van der Waals surface area contributed by atoms with Crippen LogP contribution in [0.1, 0.15) is 49.0 Å². The quantitative estimate of drug-likeness (QED) is 0.684. The average molecular weight is 360 g/mol. The van der Waals surface area contributed by atoms with E-state index < -0.39 is 6.09 Å². The van der Waals surface area contributed by atoms with E-state index in [1.54, 1.807) is 19.1 Å². The van der Waals surface area contributed by atoms with Crippen molar-refractivity contribution in [3.05, 3.63) is 34.2 Å². The highest BCUT2D eigenvalue weighted by molar-refractivity contribution is 5.97. The molecular weight excluding hydrogens is 336 g/mol. The van der Waals surface area contributed by atoms with Crippen LogP contribution in [-0.2, 0) is 4.74 Å². The highest BCUT2D eigenvalue weighted by Crippen LogP contribution is 2.30. The molecule has 26 heavy (non-hydrogen) atoms. The molecule has 0 radical (unpaired) electrons. The van der Waals surface area contributed by atoms with Crippen molar-refractivity contribution in [1.29, 1.82) is 0 Å². The first-order valence-corrected chi connectivity index (χ1v) is 9.03. The van der Waals surface area contributed by atoms with Gasteiger partial charge in [0.2, 0.25) is 0 Å². The van der Waals surface area contributed by atoms with Gasteiger partial charge in [0.25, 0.3) is 5.91 Å². The van der Waals surface area contributed by atoms with Crippen LogP contribution in [0.4, 0.5) is 4.79 Å². The first kappa shape index (κ1) is 18.0. The average Bonchev–Trinajstić information content (AvgIpc) is 3.24. The standard InChI is InChI=1S/C18H24N4O4/c1-2-26-18(25)20-10-9-19-16(23)12-7-8-15-14(11-12)21-17(24)22(15)13-5-3-4-6-13/h7-8,11,13H,2-6,9-10H2,1H3,(H,19,23)(H,20,25)(H,21,24). The largest absolute Gasteiger partial charge is 0.450 e. The first-order valence-electron chi connectivity index (χ1n) is 9.03. The van der Waals surface area contributed by atoms with Crippen LogP contribution in [0.5, 0.6) is 0 Å². The van der Waals surface area contributed by atoms with Gasteiger partial charge in [-0.25, -0.2) is 9.59 Å². The molecule has 0 atom stereocenters. The van der Waals surface area contributed by atoms with E-state index >= 15 is 0 Å². The molecule has 8 heteroatoms. The molecule has 0 saturated heterocycles. The van der Waals surface area contributed by atoms with Gasteiger partial charge < -0.3 is 20.4 Å². The molecule has 1 saturated carbocycles. The Morgan fingerprint density at radius 1 is 1.23 bits per heavy atom. The van der Waals surface area contributed by atoms with Crippen LogP contribution < -0.4 is 16.3 Å². The van der Waals surface area contributed by atoms with E-state index in [0.29, 0.717) is 17.7 Å². The van der Waals surface area contributed by atoms with Crippen LogP contribution in [0.2, 0.25) is 0 Å². The molecule has 0 spiro atoms.